The molecule has 1 aliphatic rings. The number of carbonyl (C=O) groups excluding carboxylic acids is 1. The van der Waals surface area contributed by atoms with E-state index in [4.69, 9.17) is 21.1 Å². The molecule has 0 saturated carbocycles. The third kappa shape index (κ3) is 3.37. The zero-order chi connectivity index (χ0) is 15.5. The van der Waals surface area contributed by atoms with Gasteiger partial charge in [-0.3, -0.25) is 0 Å². The smallest absolute Gasteiger partial charge is 0.332 e. The average molecular weight is 315 g/mol. The zero-order valence-electron chi connectivity index (χ0n) is 11.3. The molecule has 1 heterocycles. The molecule has 1 aromatic carbocycles. The summed E-state index contributed by atoms with van der Waals surface area (Å²) in [6.45, 7) is 0.236. The van der Waals surface area contributed by atoms with Crippen LogP contribution in [0.1, 0.15) is 6.42 Å². The fourth-order valence-corrected chi connectivity index (χ4v) is 2.27. The number of nitrogens with one attached hydrogen (secondary N) is 2. The SMILES string of the molecule is COc1ccc(NC(=O)NC2(C(=O)O)CCOC2)cc1Cl. The fraction of sp³-hybridized carbons (Fsp3) is 0.385. The van der Waals surface area contributed by atoms with Gasteiger partial charge in [-0.05, 0) is 18.2 Å². The van der Waals surface area contributed by atoms with Gasteiger partial charge in [0.1, 0.15) is 5.75 Å². The Balaban J connectivity index is 2.04. The van der Waals surface area contributed by atoms with Gasteiger partial charge in [-0.25, -0.2) is 9.59 Å². The van der Waals surface area contributed by atoms with Crippen LogP contribution in [0.2, 0.25) is 5.02 Å². The molecular weight excluding hydrogens is 300 g/mol. The highest BCUT2D eigenvalue weighted by molar-refractivity contribution is 6.32. The Labute approximate surface area is 126 Å². The summed E-state index contributed by atoms with van der Waals surface area (Å²) in [7, 11) is 1.48. The molecule has 0 aliphatic carbocycles. The molecule has 1 saturated heterocycles. The number of hydrogen-bond acceptors (Lipinski definition) is 4. The second-order valence-corrected chi connectivity index (χ2v) is 5.03. The van der Waals surface area contributed by atoms with Crippen molar-refractivity contribution in [3.63, 3.8) is 0 Å². The lowest BCUT2D eigenvalue weighted by Crippen LogP contribution is -2.56. The van der Waals surface area contributed by atoms with Crippen LogP contribution in [0, 0.1) is 0 Å². The molecule has 8 heteroatoms. The molecule has 7 nitrogen and oxygen atoms in total. The van der Waals surface area contributed by atoms with Crippen molar-refractivity contribution in [2.24, 2.45) is 0 Å². The number of amides is 2. The van der Waals surface area contributed by atoms with Crippen LogP contribution in [0.15, 0.2) is 18.2 Å². The van der Waals surface area contributed by atoms with E-state index in [1.165, 1.54) is 13.2 Å². The van der Waals surface area contributed by atoms with Crippen molar-refractivity contribution < 1.29 is 24.2 Å². The Bertz CT molecular complexity index is 557. The second-order valence-electron chi connectivity index (χ2n) is 4.62. The van der Waals surface area contributed by atoms with Gasteiger partial charge in [0, 0.05) is 18.7 Å². The zero-order valence-corrected chi connectivity index (χ0v) is 12.1. The van der Waals surface area contributed by atoms with Crippen molar-refractivity contribution in [1.29, 1.82) is 0 Å². The molecule has 0 spiro atoms. The molecule has 0 bridgehead atoms. The average Bonchev–Trinajstić information content (AvgIpc) is 2.88. The number of aliphatic carboxylic acids is 1. The quantitative estimate of drug-likeness (QED) is 0.786. The number of halogens is 1. The topological polar surface area (TPSA) is 96.9 Å². The Morgan fingerprint density at radius 2 is 2.24 bits per heavy atom. The van der Waals surface area contributed by atoms with Crippen LogP contribution in [0.25, 0.3) is 0 Å². The Morgan fingerprint density at radius 1 is 1.48 bits per heavy atom. The van der Waals surface area contributed by atoms with E-state index in [2.05, 4.69) is 10.6 Å². The molecule has 3 N–H and O–H groups in total. The van der Waals surface area contributed by atoms with Crippen molar-refractivity contribution in [2.75, 3.05) is 25.6 Å². The number of rotatable bonds is 4. The summed E-state index contributed by atoms with van der Waals surface area (Å²) in [5.74, 6) is -0.642. The van der Waals surface area contributed by atoms with Crippen molar-refractivity contribution in [2.45, 2.75) is 12.0 Å². The minimum absolute atomic E-state index is 0.0564. The number of urea groups is 1. The second kappa shape index (κ2) is 6.19. The van der Waals surface area contributed by atoms with Crippen molar-refractivity contribution in [3.05, 3.63) is 23.2 Å². The molecule has 1 atom stereocenters. The van der Waals surface area contributed by atoms with Crippen molar-refractivity contribution >= 4 is 29.3 Å². The largest absolute Gasteiger partial charge is 0.495 e. The molecule has 114 valence electrons. The maximum atomic E-state index is 11.9. The van der Waals surface area contributed by atoms with E-state index in [1.807, 2.05) is 0 Å². The molecule has 2 rings (SSSR count). The number of ether oxygens (including phenoxy) is 2. The summed E-state index contributed by atoms with van der Waals surface area (Å²) in [6.07, 6.45) is 0.221. The molecule has 21 heavy (non-hydrogen) atoms. The molecule has 0 aromatic heterocycles. The van der Waals surface area contributed by atoms with Gasteiger partial charge in [0.05, 0.1) is 18.7 Å². The maximum Gasteiger partial charge on any atom is 0.332 e. The number of carboxylic acids is 1. The summed E-state index contributed by atoms with van der Waals surface area (Å²) in [6, 6.07) is 4.08. The predicted molar refractivity (Wildman–Crippen MR) is 76.0 cm³/mol. The number of anilines is 1. The summed E-state index contributed by atoms with van der Waals surface area (Å²) in [5.41, 5.74) is -0.960. The summed E-state index contributed by atoms with van der Waals surface area (Å²) < 4.78 is 10.1. The standard InChI is InChI=1S/C13H15ClN2O5/c1-20-10-3-2-8(6-9(10)14)15-12(19)16-13(11(17)18)4-5-21-7-13/h2-3,6H,4-5,7H2,1H3,(H,17,18)(H2,15,16,19). The first-order valence-corrected chi connectivity index (χ1v) is 6.58. The van der Waals surface area contributed by atoms with E-state index in [0.717, 1.165) is 0 Å². The molecule has 1 unspecified atom stereocenters. The lowest BCUT2D eigenvalue weighted by molar-refractivity contribution is -0.144. The minimum atomic E-state index is -1.39. The number of hydrogen-bond donors (Lipinski definition) is 3. The van der Waals surface area contributed by atoms with Crippen molar-refractivity contribution in [3.8, 4) is 5.75 Å². The van der Waals surface area contributed by atoms with E-state index in [1.54, 1.807) is 12.1 Å². The first kappa shape index (κ1) is 15.4. The first-order valence-electron chi connectivity index (χ1n) is 6.21. The van der Waals surface area contributed by atoms with Gasteiger partial charge >= 0.3 is 12.0 Å². The third-order valence-corrected chi connectivity index (χ3v) is 3.49. The molecule has 2 amide bonds. The highest BCUT2D eigenvalue weighted by Gasteiger charge is 2.44. The predicted octanol–water partition coefficient (Wildman–Crippen LogP) is 1.71. The van der Waals surface area contributed by atoms with E-state index in [0.29, 0.717) is 23.1 Å². The molecule has 1 aromatic rings. The number of benzene rings is 1. The highest BCUT2D eigenvalue weighted by Crippen LogP contribution is 2.27. The Morgan fingerprint density at radius 3 is 2.76 bits per heavy atom. The van der Waals surface area contributed by atoms with Crippen LogP contribution in [0.4, 0.5) is 10.5 Å². The maximum absolute atomic E-state index is 11.9. The number of methoxy groups -OCH3 is 1. The van der Waals surface area contributed by atoms with Gasteiger partial charge in [0.25, 0.3) is 0 Å². The van der Waals surface area contributed by atoms with Gasteiger partial charge in [0.2, 0.25) is 0 Å². The molecule has 1 aliphatic heterocycles. The normalized spacial score (nSPS) is 20.9. The van der Waals surface area contributed by atoms with Crippen LogP contribution >= 0.6 is 11.6 Å². The Hall–Kier alpha value is -1.99. The van der Waals surface area contributed by atoms with Gasteiger partial charge < -0.3 is 25.2 Å². The first-order chi connectivity index (χ1) is 9.97. The van der Waals surface area contributed by atoms with E-state index < -0.39 is 17.5 Å². The third-order valence-electron chi connectivity index (χ3n) is 3.19. The van der Waals surface area contributed by atoms with Crippen LogP contribution in [0.5, 0.6) is 5.75 Å². The summed E-state index contributed by atoms with van der Waals surface area (Å²) >= 11 is 5.95. The van der Waals surface area contributed by atoms with Crippen LogP contribution in [-0.4, -0.2) is 43.0 Å². The fourth-order valence-electron chi connectivity index (χ4n) is 2.01. The van der Waals surface area contributed by atoms with Gasteiger partial charge in [-0.15, -0.1) is 0 Å². The molecular formula is C13H15ClN2O5. The van der Waals surface area contributed by atoms with E-state index in [-0.39, 0.29) is 13.0 Å². The summed E-state index contributed by atoms with van der Waals surface area (Å²) in [5, 5.41) is 14.5. The van der Waals surface area contributed by atoms with Gasteiger partial charge in [-0.2, -0.15) is 0 Å². The number of carboxylic acid groups (broad SMARTS) is 1. The lowest BCUT2D eigenvalue weighted by Gasteiger charge is -2.23. The van der Waals surface area contributed by atoms with Crippen LogP contribution in [0.3, 0.4) is 0 Å². The minimum Gasteiger partial charge on any atom is -0.495 e. The van der Waals surface area contributed by atoms with E-state index in [9.17, 15) is 14.7 Å². The Kier molecular flexibility index (Phi) is 4.54. The van der Waals surface area contributed by atoms with Gasteiger partial charge in [0.15, 0.2) is 5.54 Å². The monoisotopic (exact) mass is 314 g/mol. The number of carbonyl (C=O) groups is 2. The highest BCUT2D eigenvalue weighted by atomic mass is 35.5. The lowest BCUT2D eigenvalue weighted by atomic mass is 9.99. The molecule has 1 fully saturated rings. The van der Waals surface area contributed by atoms with Crippen LogP contribution in [-0.2, 0) is 9.53 Å². The van der Waals surface area contributed by atoms with Gasteiger partial charge in [-0.1, -0.05) is 11.6 Å². The van der Waals surface area contributed by atoms with Crippen molar-refractivity contribution in [1.82, 2.24) is 5.32 Å². The molecule has 0 radical (unpaired) electrons. The van der Waals surface area contributed by atoms with Crippen LogP contribution < -0.4 is 15.4 Å². The van der Waals surface area contributed by atoms with E-state index >= 15 is 0 Å². The summed E-state index contributed by atoms with van der Waals surface area (Å²) in [4.78, 5) is 23.2.